The van der Waals surface area contributed by atoms with Crippen LogP contribution in [0.2, 0.25) is 0 Å². The Labute approximate surface area is 134 Å². The first-order valence-electron chi connectivity index (χ1n) is 8.10. The number of thiophene rings is 1. The summed E-state index contributed by atoms with van der Waals surface area (Å²) in [7, 11) is 0. The summed E-state index contributed by atoms with van der Waals surface area (Å²) in [5.74, 6) is 2.07. The van der Waals surface area contributed by atoms with E-state index in [1.807, 2.05) is 28.6 Å². The fourth-order valence-corrected chi connectivity index (χ4v) is 4.29. The smallest absolute Gasteiger partial charge is 0.263 e. The van der Waals surface area contributed by atoms with Crippen LogP contribution in [-0.2, 0) is 0 Å². The molecule has 1 amide bonds. The van der Waals surface area contributed by atoms with Crippen molar-refractivity contribution in [3.05, 3.63) is 40.1 Å². The Morgan fingerprint density at radius 3 is 2.91 bits per heavy atom. The summed E-state index contributed by atoms with van der Waals surface area (Å²) in [6, 6.07) is 4.25. The van der Waals surface area contributed by atoms with Crippen LogP contribution in [0.4, 0.5) is 0 Å². The van der Waals surface area contributed by atoms with Gasteiger partial charge in [0.05, 0.1) is 10.9 Å². The standard InChI is InChI=1S/C17H21N3OS/c1-12-10-18-16(13-4-2-5-13)20(12)14-7-8-19(11-14)17(21)15-6-3-9-22-15/h3,6,9-10,13-14H,2,4-5,7-8,11H2,1H3. The molecular weight excluding hydrogens is 294 g/mol. The number of hydrogen-bond acceptors (Lipinski definition) is 3. The van der Waals surface area contributed by atoms with Gasteiger partial charge in [-0.3, -0.25) is 4.79 Å². The van der Waals surface area contributed by atoms with Crippen molar-refractivity contribution < 1.29 is 4.79 Å². The number of hydrogen-bond donors (Lipinski definition) is 0. The van der Waals surface area contributed by atoms with Crippen LogP contribution in [0, 0.1) is 6.92 Å². The van der Waals surface area contributed by atoms with Crippen LogP contribution in [0.3, 0.4) is 0 Å². The summed E-state index contributed by atoms with van der Waals surface area (Å²) < 4.78 is 2.41. The van der Waals surface area contributed by atoms with Crippen LogP contribution in [0.1, 0.15) is 58.8 Å². The lowest BCUT2D eigenvalue weighted by Gasteiger charge is -2.28. The molecule has 1 aliphatic heterocycles. The average molecular weight is 315 g/mol. The van der Waals surface area contributed by atoms with E-state index in [0.717, 1.165) is 24.4 Å². The zero-order valence-electron chi connectivity index (χ0n) is 12.9. The Kier molecular flexibility index (Phi) is 3.53. The summed E-state index contributed by atoms with van der Waals surface area (Å²) in [6.45, 7) is 3.80. The number of likely N-dealkylation sites (tertiary alicyclic amines) is 1. The maximum Gasteiger partial charge on any atom is 0.263 e. The highest BCUT2D eigenvalue weighted by Crippen LogP contribution is 2.38. The van der Waals surface area contributed by atoms with Gasteiger partial charge in [0.1, 0.15) is 5.82 Å². The molecule has 0 radical (unpaired) electrons. The summed E-state index contributed by atoms with van der Waals surface area (Å²) in [6.07, 6.45) is 6.89. The lowest BCUT2D eigenvalue weighted by Crippen LogP contribution is -2.29. The van der Waals surface area contributed by atoms with Gasteiger partial charge in [0.2, 0.25) is 0 Å². The lowest BCUT2D eigenvalue weighted by atomic mass is 9.84. The van der Waals surface area contributed by atoms with Gasteiger partial charge in [-0.2, -0.15) is 0 Å². The quantitative estimate of drug-likeness (QED) is 0.868. The first kappa shape index (κ1) is 14.0. The topological polar surface area (TPSA) is 38.1 Å². The Morgan fingerprint density at radius 2 is 2.23 bits per heavy atom. The van der Waals surface area contributed by atoms with Crippen molar-refractivity contribution in [2.24, 2.45) is 0 Å². The Bertz CT molecular complexity index is 672. The molecule has 4 nitrogen and oxygen atoms in total. The Hall–Kier alpha value is -1.62. The summed E-state index contributed by atoms with van der Waals surface area (Å²) >= 11 is 1.53. The van der Waals surface area contributed by atoms with Crippen molar-refractivity contribution in [2.45, 2.75) is 44.6 Å². The third-order valence-electron chi connectivity index (χ3n) is 5.03. The number of imidazole rings is 1. The maximum atomic E-state index is 12.5. The molecule has 2 aromatic heterocycles. The predicted octanol–water partition coefficient (Wildman–Crippen LogP) is 3.61. The molecule has 0 N–H and O–H groups in total. The zero-order valence-corrected chi connectivity index (χ0v) is 13.7. The number of nitrogens with zero attached hydrogens (tertiary/aromatic N) is 3. The van der Waals surface area contributed by atoms with E-state index < -0.39 is 0 Å². The van der Waals surface area contributed by atoms with Gasteiger partial charge in [-0.1, -0.05) is 12.5 Å². The highest BCUT2D eigenvalue weighted by Gasteiger charge is 2.33. The van der Waals surface area contributed by atoms with Gasteiger partial charge in [-0.05, 0) is 37.6 Å². The fourth-order valence-electron chi connectivity index (χ4n) is 3.60. The molecule has 1 atom stereocenters. The third kappa shape index (κ3) is 2.28. The molecule has 0 bridgehead atoms. The molecule has 2 aromatic rings. The zero-order chi connectivity index (χ0) is 15.1. The van der Waals surface area contributed by atoms with Crippen molar-refractivity contribution in [3.8, 4) is 0 Å². The molecule has 2 aliphatic rings. The molecule has 2 fully saturated rings. The normalized spacial score (nSPS) is 22.0. The maximum absolute atomic E-state index is 12.5. The molecule has 22 heavy (non-hydrogen) atoms. The van der Waals surface area contributed by atoms with Crippen molar-refractivity contribution in [1.29, 1.82) is 0 Å². The molecule has 5 heteroatoms. The molecule has 1 saturated carbocycles. The molecule has 3 heterocycles. The average Bonchev–Trinajstić information content (AvgIpc) is 3.16. The molecule has 0 spiro atoms. The van der Waals surface area contributed by atoms with Crippen LogP contribution in [-0.4, -0.2) is 33.4 Å². The second-order valence-corrected chi connectivity index (χ2v) is 7.37. The summed E-state index contributed by atoms with van der Waals surface area (Å²) in [4.78, 5) is 20.0. The van der Waals surface area contributed by atoms with E-state index >= 15 is 0 Å². The van der Waals surface area contributed by atoms with Gasteiger partial charge >= 0.3 is 0 Å². The van der Waals surface area contributed by atoms with Crippen LogP contribution in [0.25, 0.3) is 0 Å². The number of aromatic nitrogens is 2. The van der Waals surface area contributed by atoms with Gasteiger partial charge < -0.3 is 9.47 Å². The number of carbonyl (C=O) groups is 1. The van der Waals surface area contributed by atoms with Gasteiger partial charge in [0.15, 0.2) is 0 Å². The lowest BCUT2D eigenvalue weighted by molar-refractivity contribution is 0.0792. The minimum absolute atomic E-state index is 0.181. The second-order valence-electron chi connectivity index (χ2n) is 6.43. The SMILES string of the molecule is Cc1cnc(C2CCC2)n1C1CCN(C(=O)c2cccs2)C1. The largest absolute Gasteiger partial charge is 0.336 e. The monoisotopic (exact) mass is 315 g/mol. The van der Waals surface area contributed by atoms with Crippen molar-refractivity contribution in [1.82, 2.24) is 14.5 Å². The number of amides is 1. The predicted molar refractivity (Wildman–Crippen MR) is 87.4 cm³/mol. The van der Waals surface area contributed by atoms with Crippen LogP contribution in [0.15, 0.2) is 23.7 Å². The van der Waals surface area contributed by atoms with E-state index in [4.69, 9.17) is 0 Å². The minimum Gasteiger partial charge on any atom is -0.336 e. The summed E-state index contributed by atoms with van der Waals surface area (Å²) in [5.41, 5.74) is 1.23. The molecule has 1 unspecified atom stereocenters. The van der Waals surface area contributed by atoms with Crippen molar-refractivity contribution >= 4 is 17.2 Å². The molecule has 116 valence electrons. The number of aryl methyl sites for hydroxylation is 1. The Balaban J connectivity index is 1.53. The molecule has 4 rings (SSSR count). The molecule has 1 saturated heterocycles. The first-order valence-corrected chi connectivity index (χ1v) is 8.98. The number of carbonyl (C=O) groups excluding carboxylic acids is 1. The Morgan fingerprint density at radius 1 is 1.36 bits per heavy atom. The second kappa shape index (κ2) is 5.54. The van der Waals surface area contributed by atoms with Crippen molar-refractivity contribution in [2.75, 3.05) is 13.1 Å². The van der Waals surface area contributed by atoms with Crippen LogP contribution in [0.5, 0.6) is 0 Å². The minimum atomic E-state index is 0.181. The van der Waals surface area contributed by atoms with E-state index in [2.05, 4.69) is 16.5 Å². The van der Waals surface area contributed by atoms with Gasteiger partial charge in [0, 0.05) is 30.9 Å². The van der Waals surface area contributed by atoms with Gasteiger partial charge in [-0.25, -0.2) is 4.98 Å². The third-order valence-corrected chi connectivity index (χ3v) is 5.89. The van der Waals surface area contributed by atoms with E-state index in [1.54, 1.807) is 0 Å². The number of rotatable bonds is 3. The highest BCUT2D eigenvalue weighted by molar-refractivity contribution is 7.12. The summed E-state index contributed by atoms with van der Waals surface area (Å²) in [5, 5.41) is 1.97. The molecule has 0 aromatic carbocycles. The van der Waals surface area contributed by atoms with Gasteiger partial charge in [-0.15, -0.1) is 11.3 Å². The van der Waals surface area contributed by atoms with Crippen LogP contribution < -0.4 is 0 Å². The fraction of sp³-hybridized carbons (Fsp3) is 0.529. The van der Waals surface area contributed by atoms with E-state index in [1.165, 1.54) is 42.1 Å². The van der Waals surface area contributed by atoms with E-state index in [0.29, 0.717) is 12.0 Å². The van der Waals surface area contributed by atoms with Crippen molar-refractivity contribution in [3.63, 3.8) is 0 Å². The van der Waals surface area contributed by atoms with Crippen LogP contribution >= 0.6 is 11.3 Å². The molecule has 1 aliphatic carbocycles. The van der Waals surface area contributed by atoms with Gasteiger partial charge in [0.25, 0.3) is 5.91 Å². The molecular formula is C17H21N3OS. The van der Waals surface area contributed by atoms with E-state index in [9.17, 15) is 4.79 Å². The van der Waals surface area contributed by atoms with E-state index in [-0.39, 0.29) is 5.91 Å². The first-order chi connectivity index (χ1) is 10.7. The highest BCUT2D eigenvalue weighted by atomic mass is 32.1.